The maximum absolute atomic E-state index is 12.4. The van der Waals surface area contributed by atoms with Gasteiger partial charge in [-0.1, -0.05) is 18.2 Å². The number of carbonyl (C=O) groups is 2. The third-order valence-corrected chi connectivity index (χ3v) is 5.72. The number of fused-ring (bicyclic) bond motifs is 1. The fourth-order valence-corrected chi connectivity index (χ4v) is 3.94. The molecule has 7 nitrogen and oxygen atoms in total. The minimum absolute atomic E-state index is 0.0167. The molecule has 1 fully saturated rings. The first-order valence-corrected chi connectivity index (χ1v) is 10.2. The van der Waals surface area contributed by atoms with Crippen LogP contribution in [0.25, 0.3) is 0 Å². The van der Waals surface area contributed by atoms with Crippen molar-refractivity contribution in [1.82, 2.24) is 19.8 Å². The molecular formula is C22H26N4O3. The van der Waals surface area contributed by atoms with Crippen LogP contribution in [0.15, 0.2) is 36.5 Å². The van der Waals surface area contributed by atoms with Gasteiger partial charge >= 0.3 is 0 Å². The smallest absolute Gasteiger partial charge is 0.260 e. The lowest BCUT2D eigenvalue weighted by Gasteiger charge is -2.32. The Morgan fingerprint density at radius 3 is 2.59 bits per heavy atom. The number of amides is 2. The van der Waals surface area contributed by atoms with E-state index in [1.54, 1.807) is 6.92 Å². The van der Waals surface area contributed by atoms with Crippen molar-refractivity contribution in [2.45, 2.75) is 38.6 Å². The molecule has 0 unspecified atom stereocenters. The SMILES string of the molecule is CC(=O)N1CCc2nc(C3CCN(C(=O)COc4ccccc4)CC3)ncc2C1. The van der Waals surface area contributed by atoms with Gasteiger partial charge in [-0.2, -0.15) is 0 Å². The molecule has 0 N–H and O–H groups in total. The normalized spacial score (nSPS) is 17.0. The van der Waals surface area contributed by atoms with E-state index in [-0.39, 0.29) is 24.3 Å². The Morgan fingerprint density at radius 1 is 1.10 bits per heavy atom. The number of likely N-dealkylation sites (tertiary alicyclic amines) is 1. The second-order valence-electron chi connectivity index (χ2n) is 7.65. The molecule has 2 aromatic rings. The van der Waals surface area contributed by atoms with Gasteiger partial charge in [0.2, 0.25) is 5.91 Å². The van der Waals surface area contributed by atoms with E-state index in [2.05, 4.69) is 4.98 Å². The predicted molar refractivity (Wildman–Crippen MR) is 107 cm³/mol. The molecule has 29 heavy (non-hydrogen) atoms. The maximum atomic E-state index is 12.4. The van der Waals surface area contributed by atoms with Gasteiger partial charge in [0.1, 0.15) is 11.6 Å². The highest BCUT2D eigenvalue weighted by Gasteiger charge is 2.27. The van der Waals surface area contributed by atoms with Gasteiger partial charge < -0.3 is 14.5 Å². The molecular weight excluding hydrogens is 368 g/mol. The molecule has 0 aliphatic carbocycles. The molecule has 0 saturated carbocycles. The Bertz CT molecular complexity index is 879. The summed E-state index contributed by atoms with van der Waals surface area (Å²) >= 11 is 0. The van der Waals surface area contributed by atoms with Crippen molar-refractivity contribution in [1.29, 1.82) is 0 Å². The van der Waals surface area contributed by atoms with Gasteiger partial charge in [-0.05, 0) is 25.0 Å². The van der Waals surface area contributed by atoms with E-state index >= 15 is 0 Å². The van der Waals surface area contributed by atoms with E-state index in [9.17, 15) is 9.59 Å². The third kappa shape index (κ3) is 4.55. The van der Waals surface area contributed by atoms with Gasteiger partial charge in [-0.3, -0.25) is 9.59 Å². The zero-order valence-electron chi connectivity index (χ0n) is 16.7. The van der Waals surface area contributed by atoms with Crippen molar-refractivity contribution in [3.63, 3.8) is 0 Å². The van der Waals surface area contributed by atoms with Gasteiger partial charge in [-0.25, -0.2) is 9.97 Å². The number of nitrogens with zero attached hydrogens (tertiary/aromatic N) is 4. The minimum Gasteiger partial charge on any atom is -0.484 e. The first-order valence-electron chi connectivity index (χ1n) is 10.2. The molecule has 0 atom stereocenters. The van der Waals surface area contributed by atoms with Crippen molar-refractivity contribution < 1.29 is 14.3 Å². The summed E-state index contributed by atoms with van der Waals surface area (Å²) in [5, 5.41) is 0. The van der Waals surface area contributed by atoms with Gasteiger partial charge in [0.05, 0.1) is 5.69 Å². The second kappa shape index (κ2) is 8.59. The van der Waals surface area contributed by atoms with Gasteiger partial charge in [-0.15, -0.1) is 0 Å². The first kappa shape index (κ1) is 19.4. The molecule has 0 radical (unpaired) electrons. The number of hydrogen-bond donors (Lipinski definition) is 0. The van der Waals surface area contributed by atoms with Crippen molar-refractivity contribution in [3.8, 4) is 5.75 Å². The zero-order valence-corrected chi connectivity index (χ0v) is 16.7. The van der Waals surface area contributed by atoms with E-state index in [4.69, 9.17) is 9.72 Å². The molecule has 0 bridgehead atoms. The number of rotatable bonds is 4. The summed E-state index contributed by atoms with van der Waals surface area (Å²) in [5.74, 6) is 1.95. The highest BCUT2D eigenvalue weighted by molar-refractivity contribution is 5.77. The van der Waals surface area contributed by atoms with E-state index in [0.29, 0.717) is 31.9 Å². The summed E-state index contributed by atoms with van der Waals surface area (Å²) in [7, 11) is 0. The van der Waals surface area contributed by atoms with Crippen LogP contribution >= 0.6 is 0 Å². The van der Waals surface area contributed by atoms with E-state index in [0.717, 1.165) is 36.3 Å². The van der Waals surface area contributed by atoms with E-state index < -0.39 is 0 Å². The Kier molecular flexibility index (Phi) is 5.74. The predicted octanol–water partition coefficient (Wildman–Crippen LogP) is 2.17. The van der Waals surface area contributed by atoms with Crippen LogP contribution in [-0.4, -0.2) is 57.8 Å². The largest absolute Gasteiger partial charge is 0.484 e. The standard InChI is InChI=1S/C22H26N4O3/c1-16(27)26-12-9-20-18(14-26)13-23-22(24-20)17-7-10-25(11-8-17)21(28)15-29-19-5-3-2-4-6-19/h2-6,13,17H,7-12,14-15H2,1H3. The molecule has 152 valence electrons. The molecule has 2 aliphatic rings. The lowest BCUT2D eigenvalue weighted by atomic mass is 9.95. The van der Waals surface area contributed by atoms with Gasteiger partial charge in [0, 0.05) is 57.2 Å². The summed E-state index contributed by atoms with van der Waals surface area (Å²) < 4.78 is 5.58. The monoisotopic (exact) mass is 394 g/mol. The molecule has 2 aliphatic heterocycles. The topological polar surface area (TPSA) is 75.6 Å². The number of aromatic nitrogens is 2. The zero-order chi connectivity index (χ0) is 20.2. The van der Waals surface area contributed by atoms with Crippen LogP contribution in [0.2, 0.25) is 0 Å². The van der Waals surface area contributed by atoms with Crippen LogP contribution in [0.3, 0.4) is 0 Å². The van der Waals surface area contributed by atoms with Crippen molar-refractivity contribution in [2.24, 2.45) is 0 Å². The van der Waals surface area contributed by atoms with Gasteiger partial charge in [0.15, 0.2) is 6.61 Å². The number of para-hydroxylation sites is 1. The minimum atomic E-state index is 0.0167. The molecule has 1 aromatic heterocycles. The summed E-state index contributed by atoms with van der Waals surface area (Å²) in [6.45, 7) is 4.36. The second-order valence-corrected chi connectivity index (χ2v) is 7.65. The average Bonchev–Trinajstić information content (AvgIpc) is 2.77. The highest BCUT2D eigenvalue weighted by Crippen LogP contribution is 2.27. The Morgan fingerprint density at radius 2 is 1.86 bits per heavy atom. The Balaban J connectivity index is 1.30. The molecule has 2 amide bonds. The molecule has 0 spiro atoms. The number of piperidine rings is 1. The molecule has 3 heterocycles. The molecule has 1 aromatic carbocycles. The average molecular weight is 394 g/mol. The van der Waals surface area contributed by atoms with Gasteiger partial charge in [0.25, 0.3) is 5.91 Å². The fourth-order valence-electron chi connectivity index (χ4n) is 3.94. The highest BCUT2D eigenvalue weighted by atomic mass is 16.5. The lowest BCUT2D eigenvalue weighted by Crippen LogP contribution is -2.41. The fraction of sp³-hybridized carbons (Fsp3) is 0.455. The van der Waals surface area contributed by atoms with Crippen molar-refractivity contribution in [2.75, 3.05) is 26.2 Å². The summed E-state index contributed by atoms with van der Waals surface area (Å²) in [6, 6.07) is 9.40. The first-order chi connectivity index (χ1) is 14.1. The maximum Gasteiger partial charge on any atom is 0.260 e. The van der Waals surface area contributed by atoms with Crippen molar-refractivity contribution in [3.05, 3.63) is 53.6 Å². The van der Waals surface area contributed by atoms with Crippen LogP contribution in [0, 0.1) is 0 Å². The molecule has 4 rings (SSSR count). The quantitative estimate of drug-likeness (QED) is 0.794. The van der Waals surface area contributed by atoms with Crippen LogP contribution in [0.5, 0.6) is 5.75 Å². The number of ether oxygens (including phenoxy) is 1. The number of benzene rings is 1. The number of carbonyl (C=O) groups excluding carboxylic acids is 2. The van der Waals surface area contributed by atoms with Crippen LogP contribution in [-0.2, 0) is 22.6 Å². The van der Waals surface area contributed by atoms with Crippen LogP contribution in [0.4, 0.5) is 0 Å². The van der Waals surface area contributed by atoms with E-state index in [1.807, 2.05) is 46.3 Å². The van der Waals surface area contributed by atoms with Crippen molar-refractivity contribution >= 4 is 11.8 Å². The van der Waals surface area contributed by atoms with Crippen LogP contribution < -0.4 is 4.74 Å². The summed E-state index contributed by atoms with van der Waals surface area (Å²) in [5.41, 5.74) is 2.10. The third-order valence-electron chi connectivity index (χ3n) is 5.72. The molecule has 1 saturated heterocycles. The van der Waals surface area contributed by atoms with Crippen LogP contribution in [0.1, 0.15) is 42.8 Å². The molecule has 7 heteroatoms. The van der Waals surface area contributed by atoms with E-state index in [1.165, 1.54) is 0 Å². The Hall–Kier alpha value is -2.96. The Labute approximate surface area is 170 Å². The summed E-state index contributed by atoms with van der Waals surface area (Å²) in [6.07, 6.45) is 4.36. The lowest BCUT2D eigenvalue weighted by molar-refractivity contribution is -0.134. The number of hydrogen-bond acceptors (Lipinski definition) is 5. The summed E-state index contributed by atoms with van der Waals surface area (Å²) in [4.78, 5) is 37.1.